The summed E-state index contributed by atoms with van der Waals surface area (Å²) in [6.45, 7) is 4.66. The van der Waals surface area contributed by atoms with E-state index in [2.05, 4.69) is 25.4 Å². The average Bonchev–Trinajstić information content (AvgIpc) is 3.18. The van der Waals surface area contributed by atoms with Crippen LogP contribution in [0.15, 0.2) is 47.8 Å². The highest BCUT2D eigenvalue weighted by molar-refractivity contribution is 8.00. The zero-order valence-electron chi connectivity index (χ0n) is 17.7. The molecule has 0 unspecified atom stereocenters. The van der Waals surface area contributed by atoms with Crippen molar-refractivity contribution in [2.45, 2.75) is 43.1 Å². The molecule has 0 saturated carbocycles. The third-order valence-corrected chi connectivity index (χ3v) is 6.75. The number of hydrogen-bond acceptors (Lipinski definition) is 6. The Morgan fingerprint density at radius 2 is 1.78 bits per heavy atom. The third kappa shape index (κ3) is 5.81. The van der Waals surface area contributed by atoms with Crippen molar-refractivity contribution >= 4 is 46.7 Å². The smallest absolute Gasteiger partial charge is 0.238 e. The number of carbonyl (C=O) groups excluding carboxylic acids is 1. The summed E-state index contributed by atoms with van der Waals surface area (Å²) in [7, 11) is 0. The molecule has 1 aromatic carbocycles. The van der Waals surface area contributed by atoms with Crippen molar-refractivity contribution in [3.8, 4) is 5.69 Å². The van der Waals surface area contributed by atoms with Gasteiger partial charge in [-0.25, -0.2) is 4.98 Å². The largest absolute Gasteiger partial charge is 0.310 e. The van der Waals surface area contributed by atoms with Crippen molar-refractivity contribution in [3.63, 3.8) is 0 Å². The number of aromatic nitrogens is 4. The Bertz CT molecular complexity index is 1050. The summed E-state index contributed by atoms with van der Waals surface area (Å²) in [5.74, 6) is 1.13. The first kappa shape index (κ1) is 23.0. The van der Waals surface area contributed by atoms with Gasteiger partial charge in [-0.1, -0.05) is 41.4 Å². The van der Waals surface area contributed by atoms with Crippen LogP contribution in [0, 0.1) is 0 Å². The molecule has 3 aromatic rings. The second-order valence-electron chi connectivity index (χ2n) is 7.66. The van der Waals surface area contributed by atoms with Gasteiger partial charge in [0.2, 0.25) is 5.91 Å². The van der Waals surface area contributed by atoms with Crippen LogP contribution in [0.1, 0.15) is 32.0 Å². The van der Waals surface area contributed by atoms with Crippen LogP contribution in [-0.4, -0.2) is 48.9 Å². The molecule has 1 saturated heterocycles. The molecule has 0 bridgehead atoms. The minimum atomic E-state index is -0.412. The number of piperidine rings is 1. The summed E-state index contributed by atoms with van der Waals surface area (Å²) < 4.78 is 2.01. The number of nitrogens with zero attached hydrogens (tertiary/aromatic N) is 5. The van der Waals surface area contributed by atoms with Crippen molar-refractivity contribution in [1.82, 2.24) is 24.6 Å². The zero-order chi connectivity index (χ0) is 22.5. The molecule has 7 nitrogen and oxygen atoms in total. The molecule has 1 fully saturated rings. The van der Waals surface area contributed by atoms with Crippen LogP contribution >= 0.6 is 35.0 Å². The topological polar surface area (TPSA) is 75.9 Å². The molecule has 2 aromatic heterocycles. The van der Waals surface area contributed by atoms with Crippen LogP contribution in [-0.2, 0) is 11.3 Å². The molecule has 1 amide bonds. The lowest BCUT2D eigenvalue weighted by molar-refractivity contribution is -0.115. The molecule has 4 rings (SSSR count). The zero-order valence-corrected chi connectivity index (χ0v) is 20.0. The summed E-state index contributed by atoms with van der Waals surface area (Å²) in [6, 6.07) is 10.9. The van der Waals surface area contributed by atoms with Gasteiger partial charge in [-0.05, 0) is 69.3 Å². The van der Waals surface area contributed by atoms with E-state index in [1.54, 1.807) is 12.1 Å². The predicted molar refractivity (Wildman–Crippen MR) is 129 cm³/mol. The quantitative estimate of drug-likeness (QED) is 0.465. The normalized spacial score (nSPS) is 15.5. The standard InChI is InChI=1S/C22H24Cl2N6OS/c1-15(21(31)26-19-10-7-17(24)13-25-19)32-22-28-27-20(14-29-11-3-2-4-12-29)30(22)18-8-5-16(23)6-9-18/h5-10,13,15H,2-4,11-12,14H2,1H3,(H,25,26,31)/t15-/m0/s1. The number of thioether (sulfide) groups is 1. The number of pyridine rings is 1. The molecule has 3 heterocycles. The highest BCUT2D eigenvalue weighted by atomic mass is 35.5. The van der Waals surface area contributed by atoms with Gasteiger partial charge in [-0.15, -0.1) is 10.2 Å². The molecule has 168 valence electrons. The highest BCUT2D eigenvalue weighted by Crippen LogP contribution is 2.28. The first-order valence-corrected chi connectivity index (χ1v) is 12.1. The Morgan fingerprint density at radius 3 is 2.47 bits per heavy atom. The summed E-state index contributed by atoms with van der Waals surface area (Å²) >= 11 is 13.3. The second-order valence-corrected chi connectivity index (χ2v) is 9.84. The van der Waals surface area contributed by atoms with Crippen molar-refractivity contribution < 1.29 is 4.79 Å². The molecule has 0 spiro atoms. The molecular weight excluding hydrogens is 467 g/mol. The molecule has 1 N–H and O–H groups in total. The minimum Gasteiger partial charge on any atom is -0.310 e. The maximum Gasteiger partial charge on any atom is 0.238 e. The lowest BCUT2D eigenvalue weighted by Gasteiger charge is -2.26. The Hall–Kier alpha value is -2.13. The fourth-order valence-electron chi connectivity index (χ4n) is 3.54. The van der Waals surface area contributed by atoms with E-state index in [9.17, 15) is 4.79 Å². The van der Waals surface area contributed by atoms with E-state index >= 15 is 0 Å². The fourth-order valence-corrected chi connectivity index (χ4v) is 4.66. The van der Waals surface area contributed by atoms with E-state index in [0.717, 1.165) is 24.6 Å². The van der Waals surface area contributed by atoms with Gasteiger partial charge in [0.15, 0.2) is 11.0 Å². The predicted octanol–water partition coefficient (Wildman–Crippen LogP) is 5.07. The summed E-state index contributed by atoms with van der Waals surface area (Å²) in [5, 5.41) is 13.1. The highest BCUT2D eigenvalue weighted by Gasteiger charge is 2.23. The number of likely N-dealkylation sites (tertiary alicyclic amines) is 1. The lowest BCUT2D eigenvalue weighted by atomic mass is 10.1. The SMILES string of the molecule is C[C@H](Sc1nnc(CN2CCCCC2)n1-c1ccc(Cl)cc1)C(=O)Nc1ccc(Cl)cn1. The van der Waals surface area contributed by atoms with Gasteiger partial charge in [0.1, 0.15) is 5.82 Å². The monoisotopic (exact) mass is 490 g/mol. The van der Waals surface area contributed by atoms with E-state index in [1.807, 2.05) is 35.8 Å². The van der Waals surface area contributed by atoms with Crippen molar-refractivity contribution in [2.75, 3.05) is 18.4 Å². The number of benzene rings is 1. The Morgan fingerprint density at radius 1 is 1.06 bits per heavy atom. The average molecular weight is 491 g/mol. The molecule has 10 heteroatoms. The van der Waals surface area contributed by atoms with Gasteiger partial charge in [0, 0.05) is 16.9 Å². The van der Waals surface area contributed by atoms with E-state index in [4.69, 9.17) is 23.2 Å². The van der Waals surface area contributed by atoms with Crippen LogP contribution < -0.4 is 5.32 Å². The summed E-state index contributed by atoms with van der Waals surface area (Å²) in [5.41, 5.74) is 0.917. The van der Waals surface area contributed by atoms with Gasteiger partial charge < -0.3 is 5.32 Å². The Labute approximate surface area is 201 Å². The number of halogens is 2. The number of carbonyl (C=O) groups is 1. The summed E-state index contributed by atoms with van der Waals surface area (Å²) in [6.07, 6.45) is 5.18. The molecule has 1 aliphatic rings. The number of amides is 1. The number of anilines is 1. The molecule has 0 radical (unpaired) electrons. The minimum absolute atomic E-state index is 0.173. The van der Waals surface area contributed by atoms with Gasteiger partial charge in [-0.2, -0.15) is 0 Å². The van der Waals surface area contributed by atoms with E-state index in [1.165, 1.54) is 37.2 Å². The molecule has 1 atom stereocenters. The van der Waals surface area contributed by atoms with Gasteiger partial charge >= 0.3 is 0 Å². The van der Waals surface area contributed by atoms with E-state index in [-0.39, 0.29) is 5.91 Å². The first-order valence-electron chi connectivity index (χ1n) is 10.5. The third-order valence-electron chi connectivity index (χ3n) is 5.23. The Kier molecular flexibility index (Phi) is 7.67. The second kappa shape index (κ2) is 10.7. The molecule has 0 aliphatic carbocycles. The number of hydrogen-bond donors (Lipinski definition) is 1. The summed E-state index contributed by atoms with van der Waals surface area (Å²) in [4.78, 5) is 19.3. The van der Waals surface area contributed by atoms with Crippen LogP contribution in [0.4, 0.5) is 5.82 Å². The molecule has 1 aliphatic heterocycles. The number of rotatable bonds is 7. The van der Waals surface area contributed by atoms with Gasteiger partial charge in [0.05, 0.1) is 16.8 Å². The molecular formula is C22H24Cl2N6OS. The number of nitrogens with one attached hydrogen (secondary N) is 1. The Balaban J connectivity index is 1.54. The van der Waals surface area contributed by atoms with Crippen LogP contribution in [0.25, 0.3) is 5.69 Å². The van der Waals surface area contributed by atoms with Crippen LogP contribution in [0.5, 0.6) is 0 Å². The van der Waals surface area contributed by atoms with Crippen molar-refractivity contribution in [1.29, 1.82) is 0 Å². The lowest BCUT2D eigenvalue weighted by Crippen LogP contribution is -2.30. The molecule has 32 heavy (non-hydrogen) atoms. The van der Waals surface area contributed by atoms with Crippen molar-refractivity contribution in [3.05, 3.63) is 58.5 Å². The van der Waals surface area contributed by atoms with Gasteiger partial charge in [0.25, 0.3) is 0 Å². The fraction of sp³-hybridized carbons (Fsp3) is 0.364. The van der Waals surface area contributed by atoms with Gasteiger partial charge in [-0.3, -0.25) is 14.3 Å². The van der Waals surface area contributed by atoms with E-state index in [0.29, 0.717) is 27.6 Å². The maximum absolute atomic E-state index is 12.7. The first-order chi connectivity index (χ1) is 15.5. The van der Waals surface area contributed by atoms with Crippen LogP contribution in [0.3, 0.4) is 0 Å². The van der Waals surface area contributed by atoms with E-state index < -0.39 is 5.25 Å². The van der Waals surface area contributed by atoms with Crippen molar-refractivity contribution in [2.24, 2.45) is 0 Å². The maximum atomic E-state index is 12.7. The van der Waals surface area contributed by atoms with Crippen LogP contribution in [0.2, 0.25) is 10.0 Å².